The summed E-state index contributed by atoms with van der Waals surface area (Å²) in [5.74, 6) is 0.665. The van der Waals surface area contributed by atoms with E-state index in [0.717, 1.165) is 19.3 Å². The summed E-state index contributed by atoms with van der Waals surface area (Å²) >= 11 is 5.26. The van der Waals surface area contributed by atoms with Crippen LogP contribution in [0.5, 0.6) is 0 Å². The van der Waals surface area contributed by atoms with E-state index in [1.165, 1.54) is 38.2 Å². The summed E-state index contributed by atoms with van der Waals surface area (Å²) in [6.45, 7) is 1.31. The molecule has 0 spiro atoms. The van der Waals surface area contributed by atoms with Gasteiger partial charge in [-0.1, -0.05) is 19.3 Å². The number of thiocarbonyl (C=S) groups is 1. The lowest BCUT2D eigenvalue weighted by atomic mass is 9.96. The third-order valence-corrected chi connectivity index (χ3v) is 6.49. The van der Waals surface area contributed by atoms with Crippen molar-refractivity contribution in [2.45, 2.75) is 69.0 Å². The lowest BCUT2D eigenvalue weighted by Gasteiger charge is -2.23. The number of imidazole rings is 1. The molecule has 12 heteroatoms. The molecule has 2 aliphatic heterocycles. The Hall–Kier alpha value is -2.54. The molecule has 2 aromatic heterocycles. The molecule has 2 saturated heterocycles. The second kappa shape index (κ2) is 9.75. The van der Waals surface area contributed by atoms with Gasteiger partial charge in [0.2, 0.25) is 6.23 Å². The van der Waals surface area contributed by atoms with Crippen LogP contribution >= 0.6 is 12.2 Å². The van der Waals surface area contributed by atoms with Gasteiger partial charge in [0.15, 0.2) is 22.7 Å². The Morgan fingerprint density at radius 1 is 1.15 bits per heavy atom. The number of aliphatic hydroxyl groups is 2. The maximum absolute atomic E-state index is 10.6. The highest BCUT2D eigenvalue weighted by atomic mass is 32.1. The zero-order chi connectivity index (χ0) is 22.8. The van der Waals surface area contributed by atoms with Crippen LogP contribution in [0.25, 0.3) is 11.2 Å². The number of fused-ring (bicyclic) bond motifs is 1. The third kappa shape index (κ3) is 4.74. The van der Waals surface area contributed by atoms with E-state index in [1.807, 2.05) is 0 Å². The Morgan fingerprint density at radius 2 is 2.00 bits per heavy atom. The second-order valence-electron chi connectivity index (χ2n) is 8.60. The van der Waals surface area contributed by atoms with Crippen molar-refractivity contribution in [2.75, 3.05) is 18.5 Å². The number of aromatic nitrogens is 4. The zero-order valence-corrected chi connectivity index (χ0v) is 18.9. The molecule has 0 bridgehead atoms. The Bertz CT molecular complexity index is 1020. The highest BCUT2D eigenvalue weighted by Gasteiger charge is 2.42. The van der Waals surface area contributed by atoms with E-state index in [1.54, 1.807) is 4.57 Å². The summed E-state index contributed by atoms with van der Waals surface area (Å²) in [6.07, 6.45) is 7.30. The fraction of sp³-hybridized carbons (Fsp3) is 0.619. The zero-order valence-electron chi connectivity index (χ0n) is 18.1. The number of nitrogens with one attached hydrogen (secondary N) is 2. The summed E-state index contributed by atoms with van der Waals surface area (Å²) in [6, 6.07) is 0.453. The van der Waals surface area contributed by atoms with Gasteiger partial charge in [-0.05, 0) is 31.5 Å². The van der Waals surface area contributed by atoms with Crippen LogP contribution < -0.4 is 10.6 Å². The number of nitrogens with zero attached hydrogens (tertiary/aromatic N) is 4. The van der Waals surface area contributed by atoms with E-state index >= 15 is 0 Å². The van der Waals surface area contributed by atoms with Gasteiger partial charge in [0.05, 0.1) is 12.6 Å². The molecule has 1 aliphatic carbocycles. The standard InChI is InChI=1S/C21H28N6O5S/c28-16-14(9-31-21(33)26-12-4-2-1-3-5-12)32-20(17(16)29)27-11-24-15-18(22-10-23-19(15)27)25-13-6-7-30-8-13/h9-13,16-17,20,28-29H,1-8H2,(H,26,33)(H,22,23,25)/b14-9+/t13-,16-,17-,20?/m1/s1. The van der Waals surface area contributed by atoms with Crippen molar-refractivity contribution in [3.8, 4) is 0 Å². The lowest BCUT2D eigenvalue weighted by molar-refractivity contribution is -0.0120. The monoisotopic (exact) mass is 476 g/mol. The lowest BCUT2D eigenvalue weighted by Crippen LogP contribution is -2.35. The SMILES string of the molecule is O[C@@H]1/C(=C\OC(=S)NC2CCCCC2)OC(n2cnc3c(N[C@@H]4CCOC4)ncnc32)[C@@H]1O. The number of anilines is 1. The van der Waals surface area contributed by atoms with Crippen LogP contribution in [-0.4, -0.2) is 72.4 Å². The number of ether oxygens (including phenoxy) is 3. The molecule has 0 radical (unpaired) electrons. The molecular formula is C21H28N6O5S. The van der Waals surface area contributed by atoms with Gasteiger partial charge in [-0.2, -0.15) is 0 Å². The molecule has 0 aromatic carbocycles. The molecule has 178 valence electrons. The van der Waals surface area contributed by atoms with Crippen molar-refractivity contribution in [1.82, 2.24) is 24.8 Å². The normalized spacial score (nSPS) is 29.3. The first-order valence-electron chi connectivity index (χ1n) is 11.3. The van der Waals surface area contributed by atoms with E-state index in [-0.39, 0.29) is 17.0 Å². The van der Waals surface area contributed by atoms with Gasteiger partial charge in [-0.3, -0.25) is 4.57 Å². The van der Waals surface area contributed by atoms with E-state index in [9.17, 15) is 10.2 Å². The van der Waals surface area contributed by atoms with Crippen LogP contribution in [0, 0.1) is 0 Å². The maximum atomic E-state index is 10.6. The number of aliphatic hydroxyl groups excluding tert-OH is 2. The van der Waals surface area contributed by atoms with Gasteiger partial charge >= 0.3 is 0 Å². The summed E-state index contributed by atoms with van der Waals surface area (Å²) in [5, 5.41) is 27.9. The fourth-order valence-corrected chi connectivity index (χ4v) is 4.68. The molecule has 3 fully saturated rings. The highest BCUT2D eigenvalue weighted by Crippen LogP contribution is 2.34. The van der Waals surface area contributed by atoms with Crippen LogP contribution in [0.15, 0.2) is 24.7 Å². The van der Waals surface area contributed by atoms with Gasteiger partial charge < -0.3 is 35.1 Å². The number of hydrogen-bond donors (Lipinski definition) is 4. The van der Waals surface area contributed by atoms with Gasteiger partial charge in [0.1, 0.15) is 31.1 Å². The average molecular weight is 477 g/mol. The first kappa shape index (κ1) is 22.3. The molecule has 5 rings (SSSR count). The van der Waals surface area contributed by atoms with Crippen LogP contribution in [-0.2, 0) is 14.2 Å². The van der Waals surface area contributed by atoms with Crippen molar-refractivity contribution in [1.29, 1.82) is 0 Å². The minimum Gasteiger partial charge on any atom is -0.465 e. The van der Waals surface area contributed by atoms with Crippen molar-refractivity contribution >= 4 is 34.4 Å². The van der Waals surface area contributed by atoms with E-state index in [0.29, 0.717) is 36.2 Å². The predicted molar refractivity (Wildman–Crippen MR) is 122 cm³/mol. The minimum atomic E-state index is -1.28. The van der Waals surface area contributed by atoms with Crippen LogP contribution in [0.2, 0.25) is 0 Å². The molecule has 11 nitrogen and oxygen atoms in total. The average Bonchev–Trinajstić information content (AvgIpc) is 3.55. The Kier molecular flexibility index (Phi) is 6.58. The maximum Gasteiger partial charge on any atom is 0.261 e. The molecule has 4 heterocycles. The molecule has 1 saturated carbocycles. The van der Waals surface area contributed by atoms with Crippen LogP contribution in [0.3, 0.4) is 0 Å². The smallest absolute Gasteiger partial charge is 0.261 e. The minimum absolute atomic E-state index is 0.0812. The van der Waals surface area contributed by atoms with Gasteiger partial charge in [0, 0.05) is 12.6 Å². The first-order chi connectivity index (χ1) is 16.1. The van der Waals surface area contributed by atoms with Crippen LogP contribution in [0.4, 0.5) is 5.82 Å². The quantitative estimate of drug-likeness (QED) is 0.368. The third-order valence-electron chi connectivity index (χ3n) is 6.28. The molecule has 2 aromatic rings. The Balaban J connectivity index is 1.28. The predicted octanol–water partition coefficient (Wildman–Crippen LogP) is 1.34. The first-order valence-corrected chi connectivity index (χ1v) is 11.7. The van der Waals surface area contributed by atoms with Crippen molar-refractivity contribution in [3.05, 3.63) is 24.7 Å². The van der Waals surface area contributed by atoms with Crippen molar-refractivity contribution in [3.63, 3.8) is 0 Å². The second-order valence-corrected chi connectivity index (χ2v) is 8.97. The number of hydrogen-bond acceptors (Lipinski definition) is 10. The molecule has 4 N–H and O–H groups in total. The molecule has 33 heavy (non-hydrogen) atoms. The van der Waals surface area contributed by atoms with Gasteiger partial charge in [-0.25, -0.2) is 15.0 Å². The summed E-state index contributed by atoms with van der Waals surface area (Å²) in [5.41, 5.74) is 1.01. The molecule has 3 aliphatic rings. The topological polar surface area (TPSA) is 136 Å². The molecule has 0 amide bonds. The Morgan fingerprint density at radius 3 is 2.79 bits per heavy atom. The molecule has 4 atom stereocenters. The van der Waals surface area contributed by atoms with E-state index < -0.39 is 18.4 Å². The van der Waals surface area contributed by atoms with Crippen molar-refractivity contribution < 1.29 is 24.4 Å². The van der Waals surface area contributed by atoms with E-state index in [4.69, 9.17) is 26.4 Å². The fourth-order valence-electron chi connectivity index (χ4n) is 4.47. The Labute approximate surface area is 196 Å². The molecule has 1 unspecified atom stereocenters. The summed E-state index contributed by atoms with van der Waals surface area (Å²) in [7, 11) is 0. The van der Waals surface area contributed by atoms with Gasteiger partial charge in [-0.15, -0.1) is 0 Å². The molecular weight excluding hydrogens is 448 g/mol. The van der Waals surface area contributed by atoms with E-state index in [2.05, 4.69) is 25.6 Å². The van der Waals surface area contributed by atoms with Crippen molar-refractivity contribution in [2.24, 2.45) is 0 Å². The van der Waals surface area contributed by atoms with Crippen LogP contribution in [0.1, 0.15) is 44.8 Å². The summed E-state index contributed by atoms with van der Waals surface area (Å²) < 4.78 is 18.3. The summed E-state index contributed by atoms with van der Waals surface area (Å²) in [4.78, 5) is 13.0. The number of rotatable bonds is 5. The highest BCUT2D eigenvalue weighted by molar-refractivity contribution is 7.80. The largest absolute Gasteiger partial charge is 0.465 e. The van der Waals surface area contributed by atoms with Gasteiger partial charge in [0.25, 0.3) is 5.17 Å².